The summed E-state index contributed by atoms with van der Waals surface area (Å²) in [4.78, 5) is 17.8. The summed E-state index contributed by atoms with van der Waals surface area (Å²) in [6, 6.07) is 11.2. The number of benzene rings is 2. The van der Waals surface area contributed by atoms with Crippen molar-refractivity contribution in [2.24, 2.45) is 0 Å². The lowest BCUT2D eigenvalue weighted by molar-refractivity contribution is 0.0534. The molecule has 0 spiro atoms. The van der Waals surface area contributed by atoms with Crippen LogP contribution >= 0.6 is 15.9 Å². The number of aromatic nitrogens is 1. The van der Waals surface area contributed by atoms with E-state index in [-0.39, 0.29) is 12.5 Å². The molecule has 1 aliphatic heterocycles. The average Bonchev–Trinajstić information content (AvgIpc) is 3.09. The molecule has 0 saturated carbocycles. The Morgan fingerprint density at radius 3 is 2.67 bits per heavy atom. The highest BCUT2D eigenvalue weighted by Crippen LogP contribution is 2.39. The van der Waals surface area contributed by atoms with Crippen molar-refractivity contribution in [3.8, 4) is 11.5 Å². The summed E-state index contributed by atoms with van der Waals surface area (Å²) in [6.45, 7) is 0.527. The number of amides is 1. The van der Waals surface area contributed by atoms with E-state index in [4.69, 9.17) is 9.47 Å². The van der Waals surface area contributed by atoms with Gasteiger partial charge in [-0.2, -0.15) is 0 Å². The maximum absolute atomic E-state index is 13.1. The lowest BCUT2D eigenvalue weighted by Crippen LogP contribution is -2.38. The maximum atomic E-state index is 13.1. The molecule has 4 rings (SSSR count). The number of hydrogen-bond donors (Lipinski definition) is 2. The summed E-state index contributed by atoms with van der Waals surface area (Å²) in [5.74, 6) is 1.06. The molecule has 1 atom stereocenters. The Labute approximate surface area is 164 Å². The van der Waals surface area contributed by atoms with E-state index in [1.807, 2.05) is 24.3 Å². The van der Waals surface area contributed by atoms with Crippen LogP contribution in [0.25, 0.3) is 10.9 Å². The number of β-amino-alcohol motifs (C(OH)–C–C–N with tert-alkyl or cyclic N) is 1. The summed E-state index contributed by atoms with van der Waals surface area (Å²) in [5, 5.41) is 11.6. The average molecular weight is 431 g/mol. The van der Waals surface area contributed by atoms with Gasteiger partial charge in [-0.3, -0.25) is 4.79 Å². The molecule has 0 aliphatic carbocycles. The van der Waals surface area contributed by atoms with Crippen LogP contribution in [0.5, 0.6) is 11.5 Å². The van der Waals surface area contributed by atoms with Crippen LogP contribution in [0.2, 0.25) is 0 Å². The maximum Gasteiger partial charge on any atom is 0.270 e. The van der Waals surface area contributed by atoms with Crippen molar-refractivity contribution in [2.45, 2.75) is 12.6 Å². The molecule has 1 aliphatic rings. The molecule has 2 aromatic carbocycles. The standard InChI is InChI=1S/C20H19BrN2O4/c1-26-17-5-6-18(27-2)19-13(17)9-23(10-16(19)24)20(25)15-7-11-3-4-12(21)8-14(11)22-15/h3-8,16,22,24H,9-10H2,1-2H3/t16-/m1/s1. The molecular weight excluding hydrogens is 412 g/mol. The molecule has 6 nitrogen and oxygen atoms in total. The molecule has 0 bridgehead atoms. The van der Waals surface area contributed by atoms with Gasteiger partial charge in [0.1, 0.15) is 23.3 Å². The van der Waals surface area contributed by atoms with Gasteiger partial charge >= 0.3 is 0 Å². The molecule has 1 aromatic heterocycles. The van der Waals surface area contributed by atoms with E-state index in [1.165, 1.54) is 0 Å². The monoisotopic (exact) mass is 430 g/mol. The molecule has 0 saturated heterocycles. The third-order valence-electron chi connectivity index (χ3n) is 4.89. The van der Waals surface area contributed by atoms with E-state index in [0.29, 0.717) is 29.3 Å². The Balaban J connectivity index is 1.70. The number of methoxy groups -OCH3 is 2. The second kappa shape index (κ2) is 6.90. The van der Waals surface area contributed by atoms with Crippen LogP contribution in [-0.4, -0.2) is 41.7 Å². The zero-order valence-corrected chi connectivity index (χ0v) is 16.5. The minimum Gasteiger partial charge on any atom is -0.496 e. The van der Waals surface area contributed by atoms with Gasteiger partial charge in [-0.15, -0.1) is 0 Å². The number of hydrogen-bond acceptors (Lipinski definition) is 4. The molecule has 27 heavy (non-hydrogen) atoms. The van der Waals surface area contributed by atoms with Crippen molar-refractivity contribution in [2.75, 3.05) is 20.8 Å². The SMILES string of the molecule is COc1ccc(OC)c2c1CN(C(=O)c1cc3ccc(Br)cc3[nH]1)C[C@H]2O. The first-order chi connectivity index (χ1) is 13.0. The number of nitrogens with zero attached hydrogens (tertiary/aromatic N) is 1. The summed E-state index contributed by atoms with van der Waals surface area (Å²) in [7, 11) is 3.14. The number of aliphatic hydroxyl groups excluding tert-OH is 1. The minimum atomic E-state index is -0.846. The molecule has 0 unspecified atom stereocenters. The van der Waals surface area contributed by atoms with E-state index in [1.54, 1.807) is 31.3 Å². The fourth-order valence-electron chi connectivity index (χ4n) is 3.62. The number of halogens is 1. The first-order valence-corrected chi connectivity index (χ1v) is 9.30. The zero-order valence-electron chi connectivity index (χ0n) is 15.0. The third-order valence-corrected chi connectivity index (χ3v) is 5.38. The Morgan fingerprint density at radius 1 is 1.19 bits per heavy atom. The summed E-state index contributed by atoms with van der Waals surface area (Å²) < 4.78 is 11.8. The molecule has 2 N–H and O–H groups in total. The Kier molecular flexibility index (Phi) is 4.57. The quantitative estimate of drug-likeness (QED) is 0.664. The van der Waals surface area contributed by atoms with Gasteiger partial charge in [0.25, 0.3) is 5.91 Å². The lowest BCUT2D eigenvalue weighted by Gasteiger charge is -2.33. The number of aliphatic hydroxyl groups is 1. The molecule has 140 valence electrons. The van der Waals surface area contributed by atoms with Crippen LogP contribution in [0.15, 0.2) is 40.9 Å². The van der Waals surface area contributed by atoms with Crippen LogP contribution in [0.3, 0.4) is 0 Å². The topological polar surface area (TPSA) is 74.8 Å². The third kappa shape index (κ3) is 3.07. The minimum absolute atomic E-state index is 0.170. The molecule has 1 amide bonds. The van der Waals surface area contributed by atoms with Gasteiger partial charge in [-0.1, -0.05) is 22.0 Å². The fourth-order valence-corrected chi connectivity index (χ4v) is 3.98. The van der Waals surface area contributed by atoms with Crippen molar-refractivity contribution >= 4 is 32.7 Å². The van der Waals surface area contributed by atoms with Crippen molar-refractivity contribution < 1.29 is 19.4 Å². The van der Waals surface area contributed by atoms with Crippen molar-refractivity contribution in [1.82, 2.24) is 9.88 Å². The van der Waals surface area contributed by atoms with Crippen LogP contribution < -0.4 is 9.47 Å². The van der Waals surface area contributed by atoms with Crippen molar-refractivity contribution in [1.29, 1.82) is 0 Å². The molecule has 0 fully saturated rings. The number of fused-ring (bicyclic) bond motifs is 2. The van der Waals surface area contributed by atoms with E-state index in [0.717, 1.165) is 20.9 Å². The van der Waals surface area contributed by atoms with Gasteiger partial charge in [0.05, 0.1) is 27.3 Å². The van der Waals surface area contributed by atoms with Gasteiger partial charge in [0, 0.05) is 26.5 Å². The normalized spacial score (nSPS) is 16.3. The lowest BCUT2D eigenvalue weighted by atomic mass is 9.95. The number of rotatable bonds is 3. The van der Waals surface area contributed by atoms with Crippen LogP contribution in [-0.2, 0) is 6.54 Å². The van der Waals surface area contributed by atoms with E-state index in [9.17, 15) is 9.90 Å². The zero-order chi connectivity index (χ0) is 19.1. The number of aromatic amines is 1. The fraction of sp³-hybridized carbons (Fsp3) is 0.250. The smallest absolute Gasteiger partial charge is 0.270 e. The largest absolute Gasteiger partial charge is 0.496 e. The summed E-state index contributed by atoms with van der Waals surface area (Å²) >= 11 is 3.44. The molecule has 7 heteroatoms. The molecule has 0 radical (unpaired) electrons. The summed E-state index contributed by atoms with van der Waals surface area (Å²) in [6.07, 6.45) is -0.846. The molecular formula is C20H19BrN2O4. The van der Waals surface area contributed by atoms with E-state index in [2.05, 4.69) is 20.9 Å². The van der Waals surface area contributed by atoms with Gasteiger partial charge in [-0.25, -0.2) is 0 Å². The number of carbonyl (C=O) groups excluding carboxylic acids is 1. The van der Waals surface area contributed by atoms with Gasteiger partial charge in [0.2, 0.25) is 0 Å². The van der Waals surface area contributed by atoms with Gasteiger partial charge in [0.15, 0.2) is 0 Å². The number of H-pyrrole nitrogens is 1. The molecule has 3 aromatic rings. The highest BCUT2D eigenvalue weighted by Gasteiger charge is 2.32. The second-order valence-electron chi connectivity index (χ2n) is 6.48. The number of nitrogens with one attached hydrogen (secondary N) is 1. The molecule has 2 heterocycles. The first kappa shape index (κ1) is 17.9. The van der Waals surface area contributed by atoms with Gasteiger partial charge in [-0.05, 0) is 30.3 Å². The predicted octanol–water partition coefficient (Wildman–Crippen LogP) is 3.64. The van der Waals surface area contributed by atoms with Crippen molar-refractivity contribution in [3.05, 3.63) is 57.7 Å². The van der Waals surface area contributed by atoms with E-state index >= 15 is 0 Å². The van der Waals surface area contributed by atoms with Gasteiger partial charge < -0.3 is 24.5 Å². The van der Waals surface area contributed by atoms with Crippen LogP contribution in [0.1, 0.15) is 27.7 Å². The van der Waals surface area contributed by atoms with Crippen molar-refractivity contribution in [3.63, 3.8) is 0 Å². The Bertz CT molecular complexity index is 1030. The highest BCUT2D eigenvalue weighted by molar-refractivity contribution is 9.10. The summed E-state index contributed by atoms with van der Waals surface area (Å²) in [5.41, 5.74) is 2.81. The Morgan fingerprint density at radius 2 is 1.93 bits per heavy atom. The second-order valence-corrected chi connectivity index (χ2v) is 7.39. The number of ether oxygens (including phenoxy) is 2. The van der Waals surface area contributed by atoms with E-state index < -0.39 is 6.10 Å². The first-order valence-electron chi connectivity index (χ1n) is 8.51. The predicted molar refractivity (Wildman–Crippen MR) is 105 cm³/mol. The Hall–Kier alpha value is -2.51. The highest BCUT2D eigenvalue weighted by atomic mass is 79.9. The van der Waals surface area contributed by atoms with Crippen LogP contribution in [0, 0.1) is 0 Å². The van der Waals surface area contributed by atoms with Crippen LogP contribution in [0.4, 0.5) is 0 Å². The number of carbonyl (C=O) groups is 1.